The van der Waals surface area contributed by atoms with Gasteiger partial charge in [0.2, 0.25) is 0 Å². The van der Waals surface area contributed by atoms with Gasteiger partial charge < -0.3 is 19.6 Å². The minimum Gasteiger partial charge on any atom is -0.480 e. The number of carboxylic acids is 1. The van der Waals surface area contributed by atoms with Crippen LogP contribution in [0.3, 0.4) is 0 Å². The van der Waals surface area contributed by atoms with Crippen molar-refractivity contribution in [3.05, 3.63) is 0 Å². The Hall–Kier alpha value is -1.30. The molecule has 2 rings (SSSR count). The van der Waals surface area contributed by atoms with Crippen molar-refractivity contribution in [2.45, 2.75) is 44.8 Å². The average molecular weight is 284 g/mol. The fourth-order valence-electron chi connectivity index (χ4n) is 3.07. The van der Waals surface area contributed by atoms with E-state index in [0.29, 0.717) is 32.0 Å². The molecule has 6 nitrogen and oxygen atoms in total. The van der Waals surface area contributed by atoms with Crippen molar-refractivity contribution in [3.8, 4) is 0 Å². The maximum absolute atomic E-state index is 12.5. The number of urea groups is 1. The van der Waals surface area contributed by atoms with Crippen molar-refractivity contribution in [2.24, 2.45) is 5.92 Å². The zero-order chi connectivity index (χ0) is 14.7. The minimum atomic E-state index is -0.892. The van der Waals surface area contributed by atoms with E-state index in [1.807, 2.05) is 6.92 Å². The smallest absolute Gasteiger partial charge is 0.326 e. The van der Waals surface area contributed by atoms with Crippen LogP contribution in [0.15, 0.2) is 0 Å². The predicted octanol–water partition coefficient (Wildman–Crippen LogP) is 1.40. The van der Waals surface area contributed by atoms with Crippen molar-refractivity contribution in [1.82, 2.24) is 9.80 Å². The molecule has 0 radical (unpaired) electrons. The second-order valence-corrected chi connectivity index (χ2v) is 5.88. The highest BCUT2D eigenvalue weighted by atomic mass is 16.5. The molecule has 2 aliphatic rings. The third kappa shape index (κ3) is 3.23. The van der Waals surface area contributed by atoms with Crippen molar-refractivity contribution in [3.63, 3.8) is 0 Å². The summed E-state index contributed by atoms with van der Waals surface area (Å²) in [7, 11) is 1.69. The summed E-state index contributed by atoms with van der Waals surface area (Å²) in [6.45, 7) is 3.88. The van der Waals surface area contributed by atoms with Gasteiger partial charge in [-0.3, -0.25) is 0 Å². The maximum atomic E-state index is 12.5. The van der Waals surface area contributed by atoms with Gasteiger partial charge in [0.25, 0.3) is 0 Å². The standard InChI is InChI=1S/C14H24N2O4/c1-10-3-8-16(12(9-10)13(17)18)14(19)15-6-4-11(20-2)5-7-15/h10-12H,3-9H2,1-2H3,(H,17,18). The Morgan fingerprint density at radius 2 is 1.80 bits per heavy atom. The Morgan fingerprint density at radius 1 is 1.15 bits per heavy atom. The molecule has 2 unspecified atom stereocenters. The quantitative estimate of drug-likeness (QED) is 0.832. The molecule has 2 aliphatic heterocycles. The van der Waals surface area contributed by atoms with Gasteiger partial charge in [0, 0.05) is 26.7 Å². The first-order valence-electron chi connectivity index (χ1n) is 7.34. The van der Waals surface area contributed by atoms with Gasteiger partial charge in [-0.15, -0.1) is 0 Å². The molecular formula is C14H24N2O4. The number of nitrogens with zero attached hydrogens (tertiary/aromatic N) is 2. The van der Waals surface area contributed by atoms with Gasteiger partial charge in [-0.05, 0) is 31.6 Å². The number of aliphatic carboxylic acids is 1. The molecule has 0 aromatic carbocycles. The molecule has 6 heteroatoms. The highest BCUT2D eigenvalue weighted by Crippen LogP contribution is 2.25. The lowest BCUT2D eigenvalue weighted by Gasteiger charge is -2.40. The number of ether oxygens (including phenoxy) is 1. The Labute approximate surface area is 119 Å². The molecule has 2 heterocycles. The molecule has 2 fully saturated rings. The Bertz CT molecular complexity index is 366. The molecule has 0 aromatic rings. The van der Waals surface area contributed by atoms with E-state index in [0.717, 1.165) is 19.3 Å². The summed E-state index contributed by atoms with van der Waals surface area (Å²) < 4.78 is 5.29. The highest BCUT2D eigenvalue weighted by molar-refractivity contribution is 5.83. The predicted molar refractivity (Wildman–Crippen MR) is 73.5 cm³/mol. The number of methoxy groups -OCH3 is 1. The van der Waals surface area contributed by atoms with Gasteiger partial charge in [-0.1, -0.05) is 6.92 Å². The molecule has 20 heavy (non-hydrogen) atoms. The molecular weight excluding hydrogens is 260 g/mol. The Morgan fingerprint density at radius 3 is 2.35 bits per heavy atom. The minimum absolute atomic E-state index is 0.126. The molecule has 2 saturated heterocycles. The van der Waals surface area contributed by atoms with E-state index in [4.69, 9.17) is 4.74 Å². The number of carbonyl (C=O) groups is 2. The van der Waals surface area contributed by atoms with Gasteiger partial charge >= 0.3 is 12.0 Å². The third-order valence-corrected chi connectivity index (χ3v) is 4.44. The van der Waals surface area contributed by atoms with Crippen molar-refractivity contribution >= 4 is 12.0 Å². The van der Waals surface area contributed by atoms with Gasteiger partial charge in [0.05, 0.1) is 6.10 Å². The summed E-state index contributed by atoms with van der Waals surface area (Å²) in [5, 5.41) is 9.32. The molecule has 2 atom stereocenters. The number of hydrogen-bond donors (Lipinski definition) is 1. The van der Waals surface area contributed by atoms with Crippen LogP contribution in [0.5, 0.6) is 0 Å². The molecule has 114 valence electrons. The summed E-state index contributed by atoms with van der Waals surface area (Å²) in [5.74, 6) is -0.531. The molecule has 0 saturated carbocycles. The van der Waals surface area contributed by atoms with Crippen molar-refractivity contribution < 1.29 is 19.4 Å². The number of carbonyl (C=O) groups excluding carboxylic acids is 1. The summed E-state index contributed by atoms with van der Waals surface area (Å²) in [5.41, 5.74) is 0. The zero-order valence-electron chi connectivity index (χ0n) is 12.2. The number of amides is 2. The van der Waals surface area contributed by atoms with Crippen LogP contribution in [0.4, 0.5) is 4.79 Å². The molecule has 0 bridgehead atoms. The number of rotatable bonds is 2. The Kier molecular flexibility index (Phi) is 4.86. The first kappa shape index (κ1) is 15.1. The van der Waals surface area contributed by atoms with Crippen LogP contribution >= 0.6 is 0 Å². The molecule has 0 aliphatic carbocycles. The first-order chi connectivity index (χ1) is 9.52. The van der Waals surface area contributed by atoms with Crippen LogP contribution in [-0.4, -0.2) is 65.8 Å². The van der Waals surface area contributed by atoms with E-state index in [2.05, 4.69) is 0 Å². The number of carboxylic acid groups (broad SMARTS) is 1. The molecule has 2 amide bonds. The average Bonchev–Trinajstić information content (AvgIpc) is 2.46. The number of piperidine rings is 2. The van der Waals surface area contributed by atoms with E-state index in [1.54, 1.807) is 12.0 Å². The third-order valence-electron chi connectivity index (χ3n) is 4.44. The van der Waals surface area contributed by atoms with Gasteiger partial charge in [-0.2, -0.15) is 0 Å². The number of hydrogen-bond acceptors (Lipinski definition) is 3. The molecule has 1 N–H and O–H groups in total. The van der Waals surface area contributed by atoms with Crippen LogP contribution in [0.25, 0.3) is 0 Å². The topological polar surface area (TPSA) is 70.1 Å². The second-order valence-electron chi connectivity index (χ2n) is 5.88. The zero-order valence-corrected chi connectivity index (χ0v) is 12.2. The Balaban J connectivity index is 1.98. The summed E-state index contributed by atoms with van der Waals surface area (Å²) >= 11 is 0. The van der Waals surface area contributed by atoms with Crippen molar-refractivity contribution in [1.29, 1.82) is 0 Å². The molecule has 0 spiro atoms. The van der Waals surface area contributed by atoms with Crippen LogP contribution in [-0.2, 0) is 9.53 Å². The van der Waals surface area contributed by atoms with E-state index >= 15 is 0 Å². The van der Waals surface area contributed by atoms with E-state index in [1.165, 1.54) is 4.90 Å². The van der Waals surface area contributed by atoms with Crippen LogP contribution in [0.2, 0.25) is 0 Å². The van der Waals surface area contributed by atoms with E-state index in [9.17, 15) is 14.7 Å². The lowest BCUT2D eigenvalue weighted by molar-refractivity contribution is -0.144. The lowest BCUT2D eigenvalue weighted by Crippen LogP contribution is -2.55. The SMILES string of the molecule is COC1CCN(C(=O)N2CCC(C)CC2C(=O)O)CC1. The molecule has 0 aromatic heterocycles. The van der Waals surface area contributed by atoms with Crippen molar-refractivity contribution in [2.75, 3.05) is 26.7 Å². The summed E-state index contributed by atoms with van der Waals surface area (Å²) in [6.07, 6.45) is 3.30. The second kappa shape index (κ2) is 6.43. The lowest BCUT2D eigenvalue weighted by atomic mass is 9.92. The monoisotopic (exact) mass is 284 g/mol. The van der Waals surface area contributed by atoms with E-state index in [-0.39, 0.29) is 12.1 Å². The summed E-state index contributed by atoms with van der Waals surface area (Å²) in [4.78, 5) is 27.2. The van der Waals surface area contributed by atoms with Crippen LogP contribution in [0, 0.1) is 5.92 Å². The fourth-order valence-corrected chi connectivity index (χ4v) is 3.07. The van der Waals surface area contributed by atoms with Crippen LogP contribution in [0.1, 0.15) is 32.6 Å². The fraction of sp³-hybridized carbons (Fsp3) is 0.857. The number of likely N-dealkylation sites (tertiary alicyclic amines) is 2. The highest BCUT2D eigenvalue weighted by Gasteiger charge is 2.37. The van der Waals surface area contributed by atoms with Gasteiger partial charge in [-0.25, -0.2) is 9.59 Å². The van der Waals surface area contributed by atoms with Gasteiger partial charge in [0.1, 0.15) is 6.04 Å². The largest absolute Gasteiger partial charge is 0.480 e. The maximum Gasteiger partial charge on any atom is 0.326 e. The first-order valence-corrected chi connectivity index (χ1v) is 7.34. The normalized spacial score (nSPS) is 28.5. The van der Waals surface area contributed by atoms with Crippen LogP contribution < -0.4 is 0 Å². The van der Waals surface area contributed by atoms with Gasteiger partial charge in [0.15, 0.2) is 0 Å². The summed E-state index contributed by atoms with van der Waals surface area (Å²) in [6, 6.07) is -0.801. The van der Waals surface area contributed by atoms with E-state index < -0.39 is 12.0 Å².